The van der Waals surface area contributed by atoms with E-state index in [0.717, 1.165) is 11.1 Å². The molecule has 1 aromatic carbocycles. The molecule has 0 aliphatic heterocycles. The summed E-state index contributed by atoms with van der Waals surface area (Å²) in [5.74, 6) is 0. The van der Waals surface area contributed by atoms with Gasteiger partial charge < -0.3 is 5.11 Å². The van der Waals surface area contributed by atoms with Crippen molar-refractivity contribution in [3.8, 4) is 0 Å². The summed E-state index contributed by atoms with van der Waals surface area (Å²) >= 11 is 5.97. The lowest BCUT2D eigenvalue weighted by molar-refractivity contribution is 0.220. The molecule has 16 heavy (non-hydrogen) atoms. The van der Waals surface area contributed by atoms with E-state index >= 15 is 0 Å². The number of hydrogen-bond acceptors (Lipinski definition) is 2. The number of aromatic nitrogens is 1. The number of benzene rings is 1. The summed E-state index contributed by atoms with van der Waals surface area (Å²) in [5, 5.41) is 10.5. The molecule has 0 bridgehead atoms. The molecule has 0 saturated carbocycles. The minimum Gasteiger partial charge on any atom is -0.384 e. The Morgan fingerprint density at radius 2 is 1.94 bits per heavy atom. The van der Waals surface area contributed by atoms with E-state index in [1.807, 2.05) is 43.3 Å². The molecule has 1 N–H and O–H groups in total. The molecule has 2 aromatic rings. The van der Waals surface area contributed by atoms with Crippen molar-refractivity contribution in [2.24, 2.45) is 0 Å². The van der Waals surface area contributed by atoms with Gasteiger partial charge in [-0.25, -0.2) is 4.98 Å². The molecule has 1 heterocycles. The van der Waals surface area contributed by atoms with Crippen molar-refractivity contribution in [3.63, 3.8) is 0 Å². The van der Waals surface area contributed by atoms with E-state index in [9.17, 15) is 5.11 Å². The van der Waals surface area contributed by atoms with Gasteiger partial charge in [-0.05, 0) is 24.1 Å². The smallest absolute Gasteiger partial charge is 0.135 e. The van der Waals surface area contributed by atoms with Gasteiger partial charge in [-0.1, -0.05) is 41.9 Å². The van der Waals surface area contributed by atoms with Gasteiger partial charge in [-0.3, -0.25) is 0 Å². The van der Waals surface area contributed by atoms with Crippen LogP contribution in [-0.4, -0.2) is 10.1 Å². The van der Waals surface area contributed by atoms with Crippen molar-refractivity contribution in [3.05, 3.63) is 64.4 Å². The van der Waals surface area contributed by atoms with Gasteiger partial charge in [-0.15, -0.1) is 0 Å². The summed E-state index contributed by atoms with van der Waals surface area (Å²) in [5.41, 5.74) is 2.44. The van der Waals surface area contributed by atoms with Crippen LogP contribution in [0.25, 0.3) is 0 Å². The van der Waals surface area contributed by atoms with E-state index in [1.165, 1.54) is 0 Å². The van der Waals surface area contributed by atoms with Crippen molar-refractivity contribution < 1.29 is 5.11 Å². The zero-order valence-corrected chi connectivity index (χ0v) is 9.65. The Hall–Kier alpha value is -1.38. The molecule has 1 aromatic heterocycles. The van der Waals surface area contributed by atoms with Gasteiger partial charge in [0.25, 0.3) is 0 Å². The van der Waals surface area contributed by atoms with Gasteiger partial charge in [0.15, 0.2) is 0 Å². The van der Waals surface area contributed by atoms with Crippen LogP contribution in [0.3, 0.4) is 0 Å². The SMILES string of the molecule is Cc1cnc(Cl)c(C(O)c2ccccc2)c1. The number of aliphatic hydroxyl groups excluding tert-OH is 1. The van der Waals surface area contributed by atoms with Crippen LogP contribution in [0.1, 0.15) is 22.8 Å². The highest BCUT2D eigenvalue weighted by Gasteiger charge is 2.14. The number of pyridine rings is 1. The summed E-state index contributed by atoms with van der Waals surface area (Å²) in [6, 6.07) is 11.3. The zero-order valence-electron chi connectivity index (χ0n) is 8.89. The second-order valence-corrected chi connectivity index (χ2v) is 4.06. The van der Waals surface area contributed by atoms with Crippen molar-refractivity contribution in [2.45, 2.75) is 13.0 Å². The lowest BCUT2D eigenvalue weighted by Crippen LogP contribution is -2.01. The first kappa shape index (κ1) is 11.1. The predicted molar refractivity (Wildman–Crippen MR) is 64.5 cm³/mol. The van der Waals surface area contributed by atoms with Crippen molar-refractivity contribution in [1.29, 1.82) is 0 Å². The van der Waals surface area contributed by atoms with Crippen LogP contribution in [0.4, 0.5) is 0 Å². The van der Waals surface area contributed by atoms with Crippen LogP contribution in [0.5, 0.6) is 0 Å². The number of rotatable bonds is 2. The quantitative estimate of drug-likeness (QED) is 0.809. The second-order valence-electron chi connectivity index (χ2n) is 3.71. The van der Waals surface area contributed by atoms with Gasteiger partial charge in [0.1, 0.15) is 11.3 Å². The molecule has 0 aliphatic rings. The van der Waals surface area contributed by atoms with Gasteiger partial charge in [0.2, 0.25) is 0 Å². The molecule has 82 valence electrons. The monoisotopic (exact) mass is 233 g/mol. The normalized spacial score (nSPS) is 12.4. The Morgan fingerprint density at radius 3 is 2.62 bits per heavy atom. The summed E-state index contributed by atoms with van der Waals surface area (Å²) < 4.78 is 0. The van der Waals surface area contributed by atoms with Crippen LogP contribution < -0.4 is 0 Å². The average molecular weight is 234 g/mol. The summed E-state index contributed by atoms with van der Waals surface area (Å²) in [6.45, 7) is 1.92. The number of aryl methyl sites for hydroxylation is 1. The predicted octanol–water partition coefficient (Wildman–Crippen LogP) is 3.13. The van der Waals surface area contributed by atoms with Crippen LogP contribution in [0.2, 0.25) is 5.15 Å². The number of hydrogen-bond donors (Lipinski definition) is 1. The third-order valence-electron chi connectivity index (χ3n) is 2.41. The van der Waals surface area contributed by atoms with Gasteiger partial charge in [0, 0.05) is 11.8 Å². The average Bonchev–Trinajstić information content (AvgIpc) is 2.32. The molecule has 0 fully saturated rings. The van der Waals surface area contributed by atoms with Crippen LogP contribution >= 0.6 is 11.6 Å². The summed E-state index contributed by atoms with van der Waals surface area (Å²) in [7, 11) is 0. The first-order chi connectivity index (χ1) is 7.68. The molecule has 0 amide bonds. The number of aliphatic hydroxyl groups is 1. The second kappa shape index (κ2) is 4.64. The minimum atomic E-state index is -0.721. The molecular weight excluding hydrogens is 222 g/mol. The topological polar surface area (TPSA) is 33.1 Å². The molecule has 3 heteroatoms. The van der Waals surface area contributed by atoms with Crippen molar-refractivity contribution >= 4 is 11.6 Å². The molecule has 1 unspecified atom stereocenters. The van der Waals surface area contributed by atoms with E-state index in [4.69, 9.17) is 11.6 Å². The van der Waals surface area contributed by atoms with Gasteiger partial charge in [0.05, 0.1) is 0 Å². The maximum atomic E-state index is 10.2. The Balaban J connectivity index is 2.41. The van der Waals surface area contributed by atoms with E-state index < -0.39 is 6.10 Å². The lowest BCUT2D eigenvalue weighted by atomic mass is 10.0. The molecule has 0 radical (unpaired) electrons. The zero-order chi connectivity index (χ0) is 11.5. The maximum absolute atomic E-state index is 10.2. The molecule has 2 rings (SSSR count). The lowest BCUT2D eigenvalue weighted by Gasteiger charge is -2.12. The van der Waals surface area contributed by atoms with Crippen molar-refractivity contribution in [1.82, 2.24) is 4.98 Å². The molecule has 2 nitrogen and oxygen atoms in total. The fourth-order valence-electron chi connectivity index (χ4n) is 1.58. The van der Waals surface area contributed by atoms with Crippen LogP contribution in [0.15, 0.2) is 42.6 Å². The fourth-order valence-corrected chi connectivity index (χ4v) is 1.79. The highest BCUT2D eigenvalue weighted by molar-refractivity contribution is 6.30. The Labute approximate surface area is 99.5 Å². The van der Waals surface area contributed by atoms with E-state index in [0.29, 0.717) is 10.7 Å². The third-order valence-corrected chi connectivity index (χ3v) is 2.73. The minimum absolute atomic E-state index is 0.349. The first-order valence-electron chi connectivity index (χ1n) is 5.03. The fraction of sp³-hybridized carbons (Fsp3) is 0.154. The molecule has 0 saturated heterocycles. The highest BCUT2D eigenvalue weighted by atomic mass is 35.5. The van der Waals surface area contributed by atoms with Crippen molar-refractivity contribution in [2.75, 3.05) is 0 Å². The Bertz CT molecular complexity index is 485. The molecule has 1 atom stereocenters. The van der Waals surface area contributed by atoms with Crippen LogP contribution in [-0.2, 0) is 0 Å². The van der Waals surface area contributed by atoms with Gasteiger partial charge >= 0.3 is 0 Å². The molecule has 0 aliphatic carbocycles. The third kappa shape index (κ3) is 2.23. The van der Waals surface area contributed by atoms with E-state index in [2.05, 4.69) is 4.98 Å². The van der Waals surface area contributed by atoms with Gasteiger partial charge in [-0.2, -0.15) is 0 Å². The largest absolute Gasteiger partial charge is 0.384 e. The molecular formula is C13H12ClNO. The summed E-state index contributed by atoms with van der Waals surface area (Å²) in [4.78, 5) is 4.03. The first-order valence-corrected chi connectivity index (χ1v) is 5.41. The maximum Gasteiger partial charge on any atom is 0.135 e. The standard InChI is InChI=1S/C13H12ClNO/c1-9-7-11(13(14)15-8-9)12(16)10-5-3-2-4-6-10/h2-8,12,16H,1H3. The summed E-state index contributed by atoms with van der Waals surface area (Å²) in [6.07, 6.45) is 0.963. The number of halogens is 1. The Kier molecular flexibility index (Phi) is 3.22. The Morgan fingerprint density at radius 1 is 1.25 bits per heavy atom. The van der Waals surface area contributed by atoms with Crippen LogP contribution in [0, 0.1) is 6.92 Å². The molecule has 0 spiro atoms. The highest BCUT2D eigenvalue weighted by Crippen LogP contribution is 2.27. The van der Waals surface area contributed by atoms with E-state index in [-0.39, 0.29) is 0 Å². The van der Waals surface area contributed by atoms with E-state index in [1.54, 1.807) is 6.20 Å². The number of nitrogens with zero attached hydrogens (tertiary/aromatic N) is 1.